The summed E-state index contributed by atoms with van der Waals surface area (Å²) in [6.45, 7) is 2.59. The Kier molecular flexibility index (Phi) is 3.02. The Labute approximate surface area is 115 Å². The third kappa shape index (κ3) is 2.07. The second-order valence-electron chi connectivity index (χ2n) is 4.62. The monoisotopic (exact) mass is 270 g/mol. The summed E-state index contributed by atoms with van der Waals surface area (Å²) in [7, 11) is 0. The first kappa shape index (κ1) is 12.5. The maximum absolute atomic E-state index is 11.2. The van der Waals surface area contributed by atoms with Crippen molar-refractivity contribution in [2.45, 2.75) is 19.9 Å². The maximum atomic E-state index is 11.2. The van der Waals surface area contributed by atoms with Gasteiger partial charge >= 0.3 is 5.97 Å². The number of hydrogen-bond acceptors (Lipinski definition) is 3. The molecule has 3 aromatic rings. The van der Waals surface area contributed by atoms with Gasteiger partial charge in [-0.05, 0) is 31.2 Å². The second-order valence-corrected chi connectivity index (χ2v) is 4.62. The van der Waals surface area contributed by atoms with Gasteiger partial charge in [0.15, 0.2) is 0 Å². The Morgan fingerprint density at radius 2 is 2.20 bits per heavy atom. The molecule has 1 N–H and O–H groups in total. The van der Waals surface area contributed by atoms with Crippen LogP contribution in [0.5, 0.6) is 0 Å². The van der Waals surface area contributed by atoms with Gasteiger partial charge in [-0.1, -0.05) is 6.07 Å². The van der Waals surface area contributed by atoms with Gasteiger partial charge in [0.1, 0.15) is 17.1 Å². The molecular formula is C15H14N2O3. The van der Waals surface area contributed by atoms with Crippen LogP contribution < -0.4 is 0 Å². The lowest BCUT2D eigenvalue weighted by Crippen LogP contribution is -2.03. The number of carboxylic acid groups (broad SMARTS) is 1. The van der Waals surface area contributed by atoms with Crippen molar-refractivity contribution < 1.29 is 14.3 Å². The average Bonchev–Trinajstić information content (AvgIpc) is 3.02. The van der Waals surface area contributed by atoms with Crippen LogP contribution in [0, 0.1) is 6.92 Å². The van der Waals surface area contributed by atoms with Gasteiger partial charge in [-0.25, -0.2) is 9.78 Å². The number of hydrogen-bond donors (Lipinski definition) is 1. The van der Waals surface area contributed by atoms with E-state index in [0.717, 1.165) is 23.5 Å². The Balaban J connectivity index is 2.00. The van der Waals surface area contributed by atoms with E-state index < -0.39 is 5.97 Å². The average molecular weight is 270 g/mol. The van der Waals surface area contributed by atoms with E-state index in [1.165, 1.54) is 0 Å². The van der Waals surface area contributed by atoms with E-state index in [9.17, 15) is 9.90 Å². The lowest BCUT2D eigenvalue weighted by molar-refractivity contribution is 0.0699. The largest absolute Gasteiger partial charge is 0.478 e. The van der Waals surface area contributed by atoms with E-state index >= 15 is 0 Å². The smallest absolute Gasteiger partial charge is 0.337 e. The third-order valence-electron chi connectivity index (χ3n) is 3.36. The molecule has 1 aromatic carbocycles. The highest BCUT2D eigenvalue weighted by Gasteiger charge is 2.14. The topological polar surface area (TPSA) is 68.3 Å². The molecule has 3 rings (SSSR count). The first-order chi connectivity index (χ1) is 9.66. The van der Waals surface area contributed by atoms with Gasteiger partial charge in [0.25, 0.3) is 0 Å². The summed E-state index contributed by atoms with van der Waals surface area (Å²) in [6.07, 6.45) is 2.40. The zero-order valence-corrected chi connectivity index (χ0v) is 11.0. The van der Waals surface area contributed by atoms with Crippen LogP contribution in [0.4, 0.5) is 0 Å². The standard InChI is InChI=1S/C15H14N2O3/c1-10-16-14-12(15(18)19)5-2-6-13(14)17(10)8-7-11-4-3-9-20-11/h2-6,9H,7-8H2,1H3,(H,18,19). The summed E-state index contributed by atoms with van der Waals surface area (Å²) in [5.74, 6) is 0.757. The summed E-state index contributed by atoms with van der Waals surface area (Å²) in [4.78, 5) is 15.6. The lowest BCUT2D eigenvalue weighted by Gasteiger charge is -2.05. The summed E-state index contributed by atoms with van der Waals surface area (Å²) in [5.41, 5.74) is 1.62. The second kappa shape index (κ2) is 4.85. The zero-order chi connectivity index (χ0) is 14.1. The van der Waals surface area contributed by atoms with Crippen molar-refractivity contribution in [1.82, 2.24) is 9.55 Å². The molecule has 5 heteroatoms. The van der Waals surface area contributed by atoms with Crippen LogP contribution in [0.2, 0.25) is 0 Å². The predicted octanol–water partition coefficient (Wildman–Crippen LogP) is 2.88. The summed E-state index contributed by atoms with van der Waals surface area (Å²) < 4.78 is 7.34. The number of furan rings is 1. The quantitative estimate of drug-likeness (QED) is 0.791. The first-order valence-electron chi connectivity index (χ1n) is 6.38. The van der Waals surface area contributed by atoms with Gasteiger partial charge < -0.3 is 14.1 Å². The van der Waals surface area contributed by atoms with Gasteiger partial charge in [-0.15, -0.1) is 0 Å². The normalized spacial score (nSPS) is 11.1. The van der Waals surface area contributed by atoms with E-state index in [1.54, 1.807) is 18.4 Å². The van der Waals surface area contributed by atoms with Gasteiger partial charge in [-0.2, -0.15) is 0 Å². The van der Waals surface area contributed by atoms with Crippen molar-refractivity contribution in [3.63, 3.8) is 0 Å². The van der Waals surface area contributed by atoms with Crippen molar-refractivity contribution >= 4 is 17.0 Å². The molecule has 0 aliphatic rings. The van der Waals surface area contributed by atoms with Crippen LogP contribution in [0.3, 0.4) is 0 Å². The molecule has 0 amide bonds. The Morgan fingerprint density at radius 1 is 1.35 bits per heavy atom. The molecule has 102 valence electrons. The molecule has 0 unspecified atom stereocenters. The molecule has 0 spiro atoms. The van der Waals surface area contributed by atoms with Crippen LogP contribution in [0.15, 0.2) is 41.0 Å². The fourth-order valence-electron chi connectivity index (χ4n) is 2.39. The van der Waals surface area contributed by atoms with E-state index in [4.69, 9.17) is 4.42 Å². The molecule has 0 aliphatic carbocycles. The molecule has 0 saturated carbocycles. The number of carbonyl (C=O) groups is 1. The van der Waals surface area contributed by atoms with Gasteiger partial charge in [0, 0.05) is 13.0 Å². The number of aryl methyl sites for hydroxylation is 3. The molecule has 0 aliphatic heterocycles. The predicted molar refractivity (Wildman–Crippen MR) is 73.8 cm³/mol. The van der Waals surface area contributed by atoms with E-state index in [1.807, 2.05) is 29.7 Å². The van der Waals surface area contributed by atoms with Crippen molar-refractivity contribution in [1.29, 1.82) is 0 Å². The summed E-state index contributed by atoms with van der Waals surface area (Å²) >= 11 is 0. The van der Waals surface area contributed by atoms with Crippen LogP contribution >= 0.6 is 0 Å². The fourth-order valence-corrected chi connectivity index (χ4v) is 2.39. The number of aromatic nitrogens is 2. The number of nitrogens with zero attached hydrogens (tertiary/aromatic N) is 2. The van der Waals surface area contributed by atoms with Crippen molar-refractivity contribution in [2.24, 2.45) is 0 Å². The van der Waals surface area contributed by atoms with Crippen LogP contribution in [-0.2, 0) is 13.0 Å². The molecule has 5 nitrogen and oxygen atoms in total. The third-order valence-corrected chi connectivity index (χ3v) is 3.36. The van der Waals surface area contributed by atoms with Gasteiger partial charge in [0.05, 0.1) is 17.3 Å². The summed E-state index contributed by atoms with van der Waals surface area (Å²) in [5, 5.41) is 9.20. The molecule has 0 saturated heterocycles. The minimum absolute atomic E-state index is 0.238. The van der Waals surface area contributed by atoms with Crippen molar-refractivity contribution in [3.8, 4) is 0 Å². The number of benzene rings is 1. The van der Waals surface area contributed by atoms with E-state index in [-0.39, 0.29) is 5.56 Å². The van der Waals surface area contributed by atoms with E-state index in [2.05, 4.69) is 4.98 Å². The highest BCUT2D eigenvalue weighted by molar-refractivity contribution is 6.01. The summed E-state index contributed by atoms with van der Waals surface area (Å²) in [6, 6.07) is 9.00. The van der Waals surface area contributed by atoms with Gasteiger partial charge in [-0.3, -0.25) is 0 Å². The number of para-hydroxylation sites is 1. The molecule has 0 atom stereocenters. The molecule has 20 heavy (non-hydrogen) atoms. The maximum Gasteiger partial charge on any atom is 0.337 e. The molecule has 0 bridgehead atoms. The number of aromatic carboxylic acids is 1. The minimum atomic E-state index is -0.953. The highest BCUT2D eigenvalue weighted by Crippen LogP contribution is 2.20. The number of fused-ring (bicyclic) bond motifs is 1. The van der Waals surface area contributed by atoms with Crippen molar-refractivity contribution in [2.75, 3.05) is 0 Å². The molecular weight excluding hydrogens is 256 g/mol. The SMILES string of the molecule is Cc1nc2c(C(=O)O)cccc2n1CCc1ccco1. The minimum Gasteiger partial charge on any atom is -0.478 e. The zero-order valence-electron chi connectivity index (χ0n) is 11.0. The first-order valence-corrected chi connectivity index (χ1v) is 6.38. The number of carboxylic acids is 1. The number of imidazole rings is 1. The molecule has 2 heterocycles. The van der Waals surface area contributed by atoms with Crippen LogP contribution in [0.1, 0.15) is 21.9 Å². The molecule has 2 aromatic heterocycles. The van der Waals surface area contributed by atoms with Gasteiger partial charge in [0.2, 0.25) is 0 Å². The highest BCUT2D eigenvalue weighted by atomic mass is 16.4. The molecule has 0 fully saturated rings. The van der Waals surface area contributed by atoms with Crippen LogP contribution in [0.25, 0.3) is 11.0 Å². The van der Waals surface area contributed by atoms with Crippen LogP contribution in [-0.4, -0.2) is 20.6 Å². The fraction of sp³-hybridized carbons (Fsp3) is 0.200. The van der Waals surface area contributed by atoms with E-state index in [0.29, 0.717) is 12.1 Å². The number of rotatable bonds is 4. The Morgan fingerprint density at radius 3 is 2.90 bits per heavy atom. The molecule has 0 radical (unpaired) electrons. The Hall–Kier alpha value is -2.56. The lowest BCUT2D eigenvalue weighted by atomic mass is 10.2. The Bertz CT molecular complexity index is 757. The van der Waals surface area contributed by atoms with Crippen molar-refractivity contribution in [3.05, 3.63) is 53.7 Å².